The molecule has 128 valence electrons. The molecular formula is C13H18F2N4O3S. The van der Waals surface area contributed by atoms with Gasteiger partial charge in [0.1, 0.15) is 0 Å². The SMILES string of the molecule is CN1CC[C@]2(CN(S(=O)(=O)c3cn(C)cn3)CC(F)(F)C2)C1=O. The summed E-state index contributed by atoms with van der Waals surface area (Å²) in [6, 6.07) is 0. The monoisotopic (exact) mass is 348 g/mol. The molecule has 7 nitrogen and oxygen atoms in total. The lowest BCUT2D eigenvalue weighted by Gasteiger charge is -2.41. The van der Waals surface area contributed by atoms with E-state index in [-0.39, 0.29) is 18.0 Å². The zero-order valence-electron chi connectivity index (χ0n) is 12.9. The van der Waals surface area contributed by atoms with E-state index in [0.29, 0.717) is 10.8 Å². The second-order valence-electron chi connectivity index (χ2n) is 6.44. The molecule has 23 heavy (non-hydrogen) atoms. The van der Waals surface area contributed by atoms with Crippen molar-refractivity contribution in [2.24, 2.45) is 12.5 Å². The van der Waals surface area contributed by atoms with Crippen LogP contribution in [0, 0.1) is 5.41 Å². The molecule has 0 unspecified atom stereocenters. The number of aryl methyl sites for hydroxylation is 1. The predicted octanol–water partition coefficient (Wildman–Crippen LogP) is 0.298. The molecule has 2 saturated heterocycles. The average molecular weight is 348 g/mol. The number of rotatable bonds is 2. The van der Waals surface area contributed by atoms with Gasteiger partial charge in [-0.05, 0) is 6.42 Å². The van der Waals surface area contributed by atoms with E-state index in [2.05, 4.69) is 4.98 Å². The number of hydrogen-bond donors (Lipinski definition) is 0. The summed E-state index contributed by atoms with van der Waals surface area (Å²) in [7, 11) is -1.03. The first kappa shape index (κ1) is 16.3. The van der Waals surface area contributed by atoms with Gasteiger partial charge in [-0.2, -0.15) is 4.31 Å². The number of likely N-dealkylation sites (tertiary alicyclic amines) is 1. The maximum Gasteiger partial charge on any atom is 0.262 e. The largest absolute Gasteiger partial charge is 0.345 e. The van der Waals surface area contributed by atoms with Crippen molar-refractivity contribution in [3.05, 3.63) is 12.5 Å². The molecule has 0 radical (unpaired) electrons. The molecular weight excluding hydrogens is 330 g/mol. The average Bonchev–Trinajstić information content (AvgIpc) is 2.98. The van der Waals surface area contributed by atoms with Crippen LogP contribution in [0.2, 0.25) is 0 Å². The Labute approximate surface area is 132 Å². The maximum atomic E-state index is 14.2. The Morgan fingerprint density at radius 1 is 1.26 bits per heavy atom. The van der Waals surface area contributed by atoms with Gasteiger partial charge in [-0.3, -0.25) is 4.79 Å². The fraction of sp³-hybridized carbons (Fsp3) is 0.692. The van der Waals surface area contributed by atoms with E-state index < -0.39 is 40.2 Å². The van der Waals surface area contributed by atoms with E-state index in [9.17, 15) is 22.0 Å². The summed E-state index contributed by atoms with van der Waals surface area (Å²) in [6.07, 6.45) is 2.17. The number of alkyl halides is 2. The second kappa shape index (κ2) is 4.97. The lowest BCUT2D eigenvalue weighted by atomic mass is 9.78. The first-order chi connectivity index (χ1) is 10.6. The summed E-state index contributed by atoms with van der Waals surface area (Å²) in [5.41, 5.74) is -1.35. The van der Waals surface area contributed by atoms with Gasteiger partial charge in [0.2, 0.25) is 5.91 Å². The molecule has 1 spiro atoms. The molecule has 0 saturated carbocycles. The molecule has 3 rings (SSSR count). The molecule has 2 fully saturated rings. The maximum absolute atomic E-state index is 14.2. The summed E-state index contributed by atoms with van der Waals surface area (Å²) >= 11 is 0. The van der Waals surface area contributed by atoms with Crippen molar-refractivity contribution in [2.75, 3.05) is 26.7 Å². The third kappa shape index (κ3) is 2.63. The highest BCUT2D eigenvalue weighted by atomic mass is 32.2. The van der Waals surface area contributed by atoms with Crippen LogP contribution in [0.25, 0.3) is 0 Å². The molecule has 0 aromatic carbocycles. The van der Waals surface area contributed by atoms with E-state index >= 15 is 0 Å². The van der Waals surface area contributed by atoms with E-state index in [1.807, 2.05) is 0 Å². The molecule has 0 bridgehead atoms. The van der Waals surface area contributed by atoms with Gasteiger partial charge in [0.25, 0.3) is 15.9 Å². The summed E-state index contributed by atoms with van der Waals surface area (Å²) in [5, 5.41) is -0.286. The van der Waals surface area contributed by atoms with Gasteiger partial charge < -0.3 is 9.47 Å². The van der Waals surface area contributed by atoms with E-state index in [0.717, 1.165) is 0 Å². The minimum absolute atomic E-state index is 0.228. The number of nitrogens with zero attached hydrogens (tertiary/aromatic N) is 4. The number of amides is 1. The molecule has 1 atom stereocenters. The summed E-state index contributed by atoms with van der Waals surface area (Å²) in [5.74, 6) is -3.67. The second-order valence-corrected chi connectivity index (χ2v) is 8.33. The van der Waals surface area contributed by atoms with Crippen molar-refractivity contribution in [3.8, 4) is 0 Å². The number of imidazole rings is 1. The molecule has 2 aliphatic heterocycles. The lowest BCUT2D eigenvalue weighted by Crippen LogP contribution is -2.56. The molecule has 1 amide bonds. The van der Waals surface area contributed by atoms with E-state index in [1.165, 1.54) is 22.0 Å². The Hall–Kier alpha value is -1.55. The van der Waals surface area contributed by atoms with Crippen LogP contribution < -0.4 is 0 Å². The van der Waals surface area contributed by atoms with E-state index in [4.69, 9.17) is 0 Å². The molecule has 10 heteroatoms. The lowest BCUT2D eigenvalue weighted by molar-refractivity contribution is -0.148. The summed E-state index contributed by atoms with van der Waals surface area (Å²) in [6.45, 7) is -0.804. The van der Waals surface area contributed by atoms with Crippen molar-refractivity contribution in [1.29, 1.82) is 0 Å². The number of carbonyl (C=O) groups is 1. The fourth-order valence-electron chi connectivity index (χ4n) is 3.39. The van der Waals surface area contributed by atoms with Crippen LogP contribution in [-0.2, 0) is 21.9 Å². The van der Waals surface area contributed by atoms with Crippen LogP contribution in [-0.4, -0.2) is 65.7 Å². The Morgan fingerprint density at radius 3 is 2.48 bits per heavy atom. The number of sulfonamides is 1. The normalized spacial score (nSPS) is 28.7. The third-order valence-electron chi connectivity index (χ3n) is 4.50. The number of piperidine rings is 1. The van der Waals surface area contributed by atoms with Gasteiger partial charge in [0.05, 0.1) is 18.3 Å². The van der Waals surface area contributed by atoms with Gasteiger partial charge in [-0.1, -0.05) is 0 Å². The zero-order valence-corrected chi connectivity index (χ0v) is 13.7. The first-order valence-electron chi connectivity index (χ1n) is 7.17. The standard InChI is InChI=1S/C13H18F2N4O3S/c1-17-5-10(16-9-17)23(21,22)19-7-12(6-13(14,15)8-19)3-4-18(2)11(12)20/h5,9H,3-4,6-8H2,1-2H3/t12-/m0/s1. The van der Waals surface area contributed by atoms with Crippen LogP contribution in [0.4, 0.5) is 8.78 Å². The van der Waals surface area contributed by atoms with Gasteiger partial charge in [-0.25, -0.2) is 22.2 Å². The van der Waals surface area contributed by atoms with Crippen LogP contribution in [0.1, 0.15) is 12.8 Å². The van der Waals surface area contributed by atoms with Crippen LogP contribution in [0.3, 0.4) is 0 Å². The van der Waals surface area contributed by atoms with Crippen molar-refractivity contribution < 1.29 is 22.0 Å². The Balaban J connectivity index is 1.98. The molecule has 1 aromatic rings. The molecule has 0 N–H and O–H groups in total. The van der Waals surface area contributed by atoms with Crippen LogP contribution in [0.5, 0.6) is 0 Å². The smallest absolute Gasteiger partial charge is 0.262 e. The third-order valence-corrected chi connectivity index (χ3v) is 6.17. The fourth-order valence-corrected chi connectivity index (χ4v) is 4.91. The molecule has 0 aliphatic carbocycles. The van der Waals surface area contributed by atoms with Gasteiger partial charge in [0.15, 0.2) is 5.03 Å². The van der Waals surface area contributed by atoms with Crippen LogP contribution >= 0.6 is 0 Å². The van der Waals surface area contributed by atoms with Crippen LogP contribution in [0.15, 0.2) is 17.6 Å². The van der Waals surface area contributed by atoms with Gasteiger partial charge >= 0.3 is 0 Å². The quantitative estimate of drug-likeness (QED) is 0.770. The van der Waals surface area contributed by atoms with E-state index in [1.54, 1.807) is 14.1 Å². The molecule has 2 aliphatic rings. The highest BCUT2D eigenvalue weighted by Gasteiger charge is 2.58. The van der Waals surface area contributed by atoms with Gasteiger partial charge in [0, 0.05) is 39.8 Å². The first-order valence-corrected chi connectivity index (χ1v) is 8.61. The number of carbonyl (C=O) groups excluding carboxylic acids is 1. The number of aromatic nitrogens is 2. The Morgan fingerprint density at radius 2 is 1.96 bits per heavy atom. The number of hydrogen-bond acceptors (Lipinski definition) is 4. The summed E-state index contributed by atoms with van der Waals surface area (Å²) < 4.78 is 55.8. The number of halogens is 2. The van der Waals surface area contributed by atoms with Crippen molar-refractivity contribution in [3.63, 3.8) is 0 Å². The molecule has 3 heterocycles. The Kier molecular flexibility index (Phi) is 3.53. The predicted molar refractivity (Wildman–Crippen MR) is 76.2 cm³/mol. The summed E-state index contributed by atoms with van der Waals surface area (Å²) in [4.78, 5) is 17.5. The topological polar surface area (TPSA) is 75.5 Å². The Bertz CT molecular complexity index is 748. The highest BCUT2D eigenvalue weighted by molar-refractivity contribution is 7.89. The minimum atomic E-state index is -4.17. The highest BCUT2D eigenvalue weighted by Crippen LogP contribution is 2.46. The van der Waals surface area contributed by atoms with Crippen molar-refractivity contribution in [1.82, 2.24) is 18.8 Å². The van der Waals surface area contributed by atoms with Crippen molar-refractivity contribution >= 4 is 15.9 Å². The zero-order chi connectivity index (χ0) is 17.0. The van der Waals surface area contributed by atoms with Gasteiger partial charge in [-0.15, -0.1) is 0 Å². The van der Waals surface area contributed by atoms with Crippen molar-refractivity contribution in [2.45, 2.75) is 23.8 Å². The minimum Gasteiger partial charge on any atom is -0.345 e. The molecule has 1 aromatic heterocycles.